The van der Waals surface area contributed by atoms with Crippen molar-refractivity contribution >= 4 is 28.2 Å². The van der Waals surface area contributed by atoms with E-state index < -0.39 is 16.0 Å². The third-order valence-corrected chi connectivity index (χ3v) is 4.68. The summed E-state index contributed by atoms with van der Waals surface area (Å²) in [5.41, 5.74) is 0.574. The van der Waals surface area contributed by atoms with Crippen LogP contribution in [0, 0.1) is 5.92 Å². The maximum absolute atomic E-state index is 12.1. The van der Waals surface area contributed by atoms with Gasteiger partial charge in [0.05, 0.1) is 5.25 Å². The number of hydrogen-bond donors (Lipinski definition) is 0. The number of Topliss-reactive ketones (excluding diaryl/α,β-unsaturated/α-hetero) is 1. The van der Waals surface area contributed by atoms with Crippen molar-refractivity contribution in [3.63, 3.8) is 0 Å². The Morgan fingerprint density at radius 3 is 2.28 bits per heavy atom. The second-order valence-corrected chi connectivity index (χ2v) is 7.09. The first kappa shape index (κ1) is 15.4. The predicted octanol–water partition coefficient (Wildman–Crippen LogP) is 3.71. The summed E-state index contributed by atoms with van der Waals surface area (Å²) in [5, 5.41) is 0.144. The van der Waals surface area contributed by atoms with Crippen molar-refractivity contribution in [1.82, 2.24) is 0 Å². The molecule has 0 aliphatic heterocycles. The van der Waals surface area contributed by atoms with Crippen molar-refractivity contribution in [2.24, 2.45) is 5.92 Å². The molecule has 100 valence electrons. The van der Waals surface area contributed by atoms with Gasteiger partial charge in [-0.25, -0.2) is 0 Å². The lowest BCUT2D eigenvalue weighted by Gasteiger charge is -2.11. The third-order valence-electron chi connectivity index (χ3n) is 2.79. The Balaban J connectivity index is 2.66. The van der Waals surface area contributed by atoms with Crippen LogP contribution in [-0.4, -0.2) is 21.0 Å². The highest BCUT2D eigenvalue weighted by Gasteiger charge is 2.21. The molecular formula is C14H19ClO2S. The Morgan fingerprint density at radius 2 is 1.78 bits per heavy atom. The van der Waals surface area contributed by atoms with E-state index in [2.05, 4.69) is 13.8 Å². The van der Waals surface area contributed by atoms with Crippen LogP contribution in [-0.2, 0) is 10.8 Å². The van der Waals surface area contributed by atoms with Gasteiger partial charge < -0.3 is 0 Å². The lowest BCUT2D eigenvalue weighted by molar-refractivity contribution is 0.0992. The standard InChI is InChI=1S/C14H19ClO2S/c1-10(2)8-9-18(17)11(3)14(16)12-4-6-13(15)7-5-12/h4-7,10-11H,8-9H2,1-3H3. The van der Waals surface area contributed by atoms with Gasteiger partial charge in [-0.2, -0.15) is 0 Å². The van der Waals surface area contributed by atoms with E-state index in [1.54, 1.807) is 31.2 Å². The molecule has 2 atom stereocenters. The Morgan fingerprint density at radius 1 is 1.22 bits per heavy atom. The zero-order valence-corrected chi connectivity index (χ0v) is 12.6. The van der Waals surface area contributed by atoms with Crippen molar-refractivity contribution in [3.8, 4) is 0 Å². The van der Waals surface area contributed by atoms with Crippen LogP contribution in [0.2, 0.25) is 5.02 Å². The second kappa shape index (κ2) is 7.05. The van der Waals surface area contributed by atoms with E-state index >= 15 is 0 Å². The minimum atomic E-state index is -1.10. The number of halogens is 1. The molecule has 2 nitrogen and oxygen atoms in total. The molecule has 0 spiro atoms. The molecule has 4 heteroatoms. The lowest BCUT2D eigenvalue weighted by Crippen LogP contribution is -2.25. The maximum Gasteiger partial charge on any atom is 0.178 e. The van der Waals surface area contributed by atoms with E-state index in [1.165, 1.54) is 0 Å². The van der Waals surface area contributed by atoms with Crippen molar-refractivity contribution in [3.05, 3.63) is 34.9 Å². The summed E-state index contributed by atoms with van der Waals surface area (Å²) in [4.78, 5) is 12.1. The number of hydrogen-bond acceptors (Lipinski definition) is 2. The molecular weight excluding hydrogens is 268 g/mol. The number of rotatable bonds is 6. The molecule has 0 amide bonds. The average molecular weight is 287 g/mol. The highest BCUT2D eigenvalue weighted by Crippen LogP contribution is 2.14. The van der Waals surface area contributed by atoms with Gasteiger partial charge in [-0.15, -0.1) is 0 Å². The molecule has 0 heterocycles. The summed E-state index contributed by atoms with van der Waals surface area (Å²) < 4.78 is 12.0. The molecule has 0 N–H and O–H groups in total. The first-order valence-corrected chi connectivity index (χ1v) is 7.84. The highest BCUT2D eigenvalue weighted by atomic mass is 35.5. The summed E-state index contributed by atoms with van der Waals surface area (Å²) >= 11 is 5.77. The van der Waals surface area contributed by atoms with Crippen LogP contribution in [0.25, 0.3) is 0 Å². The summed E-state index contributed by atoms with van der Waals surface area (Å²) in [6.07, 6.45) is 0.880. The zero-order chi connectivity index (χ0) is 13.7. The van der Waals surface area contributed by atoms with Crippen molar-refractivity contribution in [2.45, 2.75) is 32.4 Å². The first-order valence-electron chi connectivity index (χ1n) is 6.08. The Hall–Kier alpha value is -0.670. The summed E-state index contributed by atoms with van der Waals surface area (Å²) in [7, 11) is -1.10. The fourth-order valence-corrected chi connectivity index (χ4v) is 3.05. The molecule has 0 aromatic heterocycles. The van der Waals surface area contributed by atoms with Gasteiger partial charge in [-0.1, -0.05) is 25.4 Å². The summed E-state index contributed by atoms with van der Waals surface area (Å²) in [5.74, 6) is 1.01. The van der Waals surface area contributed by atoms with E-state index in [1.807, 2.05) is 0 Å². The van der Waals surface area contributed by atoms with E-state index in [4.69, 9.17) is 11.6 Å². The smallest absolute Gasteiger partial charge is 0.178 e. The summed E-state index contributed by atoms with van der Waals surface area (Å²) in [6.45, 7) is 5.90. The third kappa shape index (κ3) is 4.54. The van der Waals surface area contributed by atoms with Gasteiger partial charge in [-0.05, 0) is 43.5 Å². The molecule has 18 heavy (non-hydrogen) atoms. The average Bonchev–Trinajstić information content (AvgIpc) is 2.35. The van der Waals surface area contributed by atoms with Crippen LogP contribution in [0.1, 0.15) is 37.6 Å². The molecule has 0 fully saturated rings. The maximum atomic E-state index is 12.1. The normalized spacial score (nSPS) is 14.5. The number of benzene rings is 1. The van der Waals surface area contributed by atoms with Gasteiger partial charge in [0.1, 0.15) is 0 Å². The van der Waals surface area contributed by atoms with Crippen molar-refractivity contribution in [1.29, 1.82) is 0 Å². The van der Waals surface area contributed by atoms with Crippen LogP contribution in [0.5, 0.6) is 0 Å². The quantitative estimate of drug-likeness (QED) is 0.747. The van der Waals surface area contributed by atoms with E-state index in [-0.39, 0.29) is 5.78 Å². The van der Waals surface area contributed by atoms with Crippen LogP contribution in [0.3, 0.4) is 0 Å². The van der Waals surface area contributed by atoms with Crippen LogP contribution >= 0.6 is 11.6 Å². The van der Waals surface area contributed by atoms with Crippen LogP contribution in [0.15, 0.2) is 24.3 Å². The van der Waals surface area contributed by atoms with Gasteiger partial charge in [0.15, 0.2) is 5.78 Å². The lowest BCUT2D eigenvalue weighted by atomic mass is 10.1. The van der Waals surface area contributed by atoms with Crippen molar-refractivity contribution < 1.29 is 9.00 Å². The van der Waals surface area contributed by atoms with Gasteiger partial charge in [0.2, 0.25) is 0 Å². The molecule has 0 saturated heterocycles. The van der Waals surface area contributed by atoms with Crippen LogP contribution < -0.4 is 0 Å². The molecule has 0 radical (unpaired) electrons. The SMILES string of the molecule is CC(C)CCS(=O)C(C)C(=O)c1ccc(Cl)cc1. The van der Waals surface area contributed by atoms with Crippen LogP contribution in [0.4, 0.5) is 0 Å². The van der Waals surface area contributed by atoms with E-state index in [0.29, 0.717) is 22.3 Å². The molecule has 1 aromatic carbocycles. The largest absolute Gasteiger partial charge is 0.293 e. The fraction of sp³-hybridized carbons (Fsp3) is 0.500. The first-order chi connectivity index (χ1) is 8.41. The summed E-state index contributed by atoms with van der Waals surface area (Å²) in [6, 6.07) is 6.72. The zero-order valence-electron chi connectivity index (χ0n) is 11.0. The predicted molar refractivity (Wildman–Crippen MR) is 77.7 cm³/mol. The second-order valence-electron chi connectivity index (χ2n) is 4.78. The highest BCUT2D eigenvalue weighted by molar-refractivity contribution is 7.86. The minimum Gasteiger partial charge on any atom is -0.293 e. The number of carbonyl (C=O) groups is 1. The van der Waals surface area contributed by atoms with Gasteiger partial charge in [-0.3, -0.25) is 9.00 Å². The van der Waals surface area contributed by atoms with Gasteiger partial charge in [0.25, 0.3) is 0 Å². The fourth-order valence-electron chi connectivity index (χ4n) is 1.50. The van der Waals surface area contributed by atoms with Gasteiger partial charge in [0, 0.05) is 27.1 Å². The number of ketones is 1. The topological polar surface area (TPSA) is 34.1 Å². The molecule has 0 saturated carbocycles. The molecule has 1 rings (SSSR count). The number of carbonyl (C=O) groups excluding carboxylic acids is 1. The molecule has 0 bridgehead atoms. The molecule has 0 aliphatic carbocycles. The molecule has 2 unspecified atom stereocenters. The molecule has 1 aromatic rings. The van der Waals surface area contributed by atoms with E-state index in [0.717, 1.165) is 6.42 Å². The minimum absolute atomic E-state index is 0.0752. The van der Waals surface area contributed by atoms with Gasteiger partial charge >= 0.3 is 0 Å². The van der Waals surface area contributed by atoms with Crippen molar-refractivity contribution in [2.75, 3.05) is 5.75 Å². The monoisotopic (exact) mass is 286 g/mol. The Bertz CT molecular complexity index is 426. The Kier molecular flexibility index (Phi) is 6.03. The Labute approximate surface area is 116 Å². The van der Waals surface area contributed by atoms with E-state index in [9.17, 15) is 9.00 Å². The molecule has 0 aliphatic rings.